The molecule has 0 N–H and O–H groups in total. The van der Waals surface area contributed by atoms with Crippen LogP contribution in [-0.2, 0) is 15.6 Å². The van der Waals surface area contributed by atoms with Crippen molar-refractivity contribution in [2.75, 3.05) is 13.1 Å². The third kappa shape index (κ3) is 3.69. The Morgan fingerprint density at radius 2 is 1.65 bits per heavy atom. The van der Waals surface area contributed by atoms with E-state index >= 15 is 0 Å². The second-order valence-corrected chi connectivity index (χ2v) is 6.98. The van der Waals surface area contributed by atoms with Crippen LogP contribution >= 0.6 is 10.7 Å². The van der Waals surface area contributed by atoms with Gasteiger partial charge in [-0.1, -0.05) is 18.6 Å². The molecule has 1 aromatic rings. The summed E-state index contributed by atoms with van der Waals surface area (Å²) in [7, 11) is 1.67. The average molecular weight is 274 g/mol. The van der Waals surface area contributed by atoms with Crippen molar-refractivity contribution in [1.29, 1.82) is 0 Å². The molecule has 1 saturated heterocycles. The Balaban J connectivity index is 2.03. The van der Waals surface area contributed by atoms with Crippen LogP contribution < -0.4 is 0 Å². The molecule has 3 nitrogen and oxygen atoms in total. The van der Waals surface area contributed by atoms with Gasteiger partial charge < -0.3 is 0 Å². The number of halogens is 1. The van der Waals surface area contributed by atoms with Gasteiger partial charge in [0.15, 0.2) is 0 Å². The van der Waals surface area contributed by atoms with E-state index in [1.165, 1.54) is 19.3 Å². The maximum atomic E-state index is 11.1. The normalized spacial score (nSPS) is 18.2. The lowest BCUT2D eigenvalue weighted by Gasteiger charge is -2.26. The highest BCUT2D eigenvalue weighted by Gasteiger charge is 2.12. The lowest BCUT2D eigenvalue weighted by molar-refractivity contribution is 0.221. The van der Waals surface area contributed by atoms with E-state index in [1.807, 2.05) is 12.1 Å². The van der Waals surface area contributed by atoms with Crippen LogP contribution in [0.3, 0.4) is 0 Å². The van der Waals surface area contributed by atoms with E-state index < -0.39 is 9.05 Å². The fraction of sp³-hybridized carbons (Fsp3) is 0.500. The lowest BCUT2D eigenvalue weighted by atomic mass is 10.1. The molecule has 0 spiro atoms. The molecular weight excluding hydrogens is 258 g/mol. The van der Waals surface area contributed by atoms with E-state index in [0.717, 1.165) is 25.2 Å². The molecule has 0 atom stereocenters. The maximum Gasteiger partial charge on any atom is 0.261 e. The zero-order chi connectivity index (χ0) is 12.3. The number of likely N-dealkylation sites (tertiary alicyclic amines) is 1. The van der Waals surface area contributed by atoms with Gasteiger partial charge in [-0.05, 0) is 43.6 Å². The van der Waals surface area contributed by atoms with Crippen LogP contribution in [0.15, 0.2) is 29.2 Å². The first-order valence-electron chi connectivity index (χ1n) is 5.82. The fourth-order valence-electron chi connectivity index (χ4n) is 2.13. The molecule has 17 heavy (non-hydrogen) atoms. The first-order chi connectivity index (χ1) is 8.05. The Bertz CT molecular complexity index is 464. The van der Waals surface area contributed by atoms with E-state index in [0.29, 0.717) is 0 Å². The fourth-order valence-corrected chi connectivity index (χ4v) is 2.90. The number of hydrogen-bond acceptors (Lipinski definition) is 3. The second-order valence-electron chi connectivity index (χ2n) is 4.42. The van der Waals surface area contributed by atoms with Gasteiger partial charge in [-0.3, -0.25) is 4.90 Å². The Kier molecular flexibility index (Phi) is 4.07. The summed E-state index contributed by atoms with van der Waals surface area (Å²) in [5.74, 6) is 0. The van der Waals surface area contributed by atoms with Crippen LogP contribution in [0.4, 0.5) is 0 Å². The molecule has 1 fully saturated rings. The van der Waals surface area contributed by atoms with E-state index in [9.17, 15) is 8.42 Å². The van der Waals surface area contributed by atoms with Gasteiger partial charge in [-0.15, -0.1) is 0 Å². The highest BCUT2D eigenvalue weighted by molar-refractivity contribution is 8.13. The maximum absolute atomic E-state index is 11.1. The van der Waals surface area contributed by atoms with Crippen LogP contribution in [0.25, 0.3) is 0 Å². The molecule has 0 bridgehead atoms. The molecule has 94 valence electrons. The Hall–Kier alpha value is -0.580. The minimum Gasteiger partial charge on any atom is -0.299 e. The summed E-state index contributed by atoms with van der Waals surface area (Å²) >= 11 is 0. The van der Waals surface area contributed by atoms with E-state index in [-0.39, 0.29) is 4.90 Å². The van der Waals surface area contributed by atoms with Gasteiger partial charge in [-0.25, -0.2) is 8.42 Å². The third-order valence-electron chi connectivity index (χ3n) is 3.06. The molecule has 0 aromatic heterocycles. The first kappa shape index (κ1) is 12.9. The summed E-state index contributed by atoms with van der Waals surface area (Å²) in [6.07, 6.45) is 3.84. The van der Waals surface area contributed by atoms with Crippen molar-refractivity contribution in [3.63, 3.8) is 0 Å². The third-order valence-corrected chi connectivity index (χ3v) is 4.43. The van der Waals surface area contributed by atoms with Crippen LogP contribution in [-0.4, -0.2) is 26.4 Å². The molecule has 0 amide bonds. The minimum atomic E-state index is -3.59. The summed E-state index contributed by atoms with van der Waals surface area (Å²) in [5, 5.41) is 0. The highest BCUT2D eigenvalue weighted by atomic mass is 35.7. The molecule has 1 heterocycles. The van der Waals surface area contributed by atoms with E-state index in [2.05, 4.69) is 4.90 Å². The Morgan fingerprint density at radius 1 is 1.06 bits per heavy atom. The molecule has 1 aliphatic rings. The van der Waals surface area contributed by atoms with Gasteiger partial charge in [0.2, 0.25) is 0 Å². The van der Waals surface area contributed by atoms with Crippen molar-refractivity contribution in [2.45, 2.75) is 30.7 Å². The standard InChI is InChI=1S/C12H16ClNO2S/c13-17(15,16)12-6-4-11(5-7-12)10-14-8-2-1-3-9-14/h4-7H,1-3,8-10H2. The molecule has 0 saturated carbocycles. The molecule has 1 aromatic carbocycles. The van der Waals surface area contributed by atoms with Crippen molar-refractivity contribution in [3.8, 4) is 0 Å². The average Bonchev–Trinajstić information content (AvgIpc) is 2.30. The largest absolute Gasteiger partial charge is 0.299 e. The SMILES string of the molecule is O=S(=O)(Cl)c1ccc(CN2CCCCC2)cc1. The van der Waals surface area contributed by atoms with Gasteiger partial charge in [-0.2, -0.15) is 0 Å². The van der Waals surface area contributed by atoms with Crippen molar-refractivity contribution < 1.29 is 8.42 Å². The molecule has 2 rings (SSSR count). The number of rotatable bonds is 3. The van der Waals surface area contributed by atoms with Crippen LogP contribution in [0, 0.1) is 0 Å². The summed E-state index contributed by atoms with van der Waals surface area (Å²) in [5.41, 5.74) is 1.14. The molecule has 0 aliphatic carbocycles. The molecular formula is C12H16ClNO2S. The number of benzene rings is 1. The molecule has 1 aliphatic heterocycles. The highest BCUT2D eigenvalue weighted by Crippen LogP contribution is 2.17. The van der Waals surface area contributed by atoms with Crippen molar-refractivity contribution in [1.82, 2.24) is 4.90 Å². The van der Waals surface area contributed by atoms with Crippen molar-refractivity contribution in [3.05, 3.63) is 29.8 Å². The summed E-state index contributed by atoms with van der Waals surface area (Å²) in [6.45, 7) is 3.16. The van der Waals surface area contributed by atoms with Gasteiger partial charge in [0.1, 0.15) is 0 Å². The number of hydrogen-bond donors (Lipinski definition) is 0. The zero-order valence-electron chi connectivity index (χ0n) is 9.60. The zero-order valence-corrected chi connectivity index (χ0v) is 11.2. The molecule has 0 unspecified atom stereocenters. The Labute approximate surface area is 107 Å². The van der Waals surface area contributed by atoms with Crippen LogP contribution in [0.1, 0.15) is 24.8 Å². The predicted molar refractivity (Wildman–Crippen MR) is 68.6 cm³/mol. The number of nitrogens with zero attached hydrogens (tertiary/aromatic N) is 1. The second kappa shape index (κ2) is 5.38. The number of piperidine rings is 1. The topological polar surface area (TPSA) is 37.4 Å². The smallest absolute Gasteiger partial charge is 0.261 e. The predicted octanol–water partition coefficient (Wildman–Crippen LogP) is 2.60. The van der Waals surface area contributed by atoms with Gasteiger partial charge in [0.05, 0.1) is 4.90 Å². The monoisotopic (exact) mass is 273 g/mol. The first-order valence-corrected chi connectivity index (χ1v) is 8.12. The van der Waals surface area contributed by atoms with Gasteiger partial charge in [0, 0.05) is 17.2 Å². The van der Waals surface area contributed by atoms with E-state index in [1.54, 1.807) is 12.1 Å². The van der Waals surface area contributed by atoms with Crippen molar-refractivity contribution >= 4 is 19.7 Å². The van der Waals surface area contributed by atoms with E-state index in [4.69, 9.17) is 10.7 Å². The summed E-state index contributed by atoms with van der Waals surface area (Å²) in [4.78, 5) is 2.56. The van der Waals surface area contributed by atoms with Gasteiger partial charge >= 0.3 is 0 Å². The van der Waals surface area contributed by atoms with Crippen LogP contribution in [0.5, 0.6) is 0 Å². The van der Waals surface area contributed by atoms with Gasteiger partial charge in [0.25, 0.3) is 9.05 Å². The molecule has 5 heteroatoms. The molecule has 0 radical (unpaired) electrons. The Morgan fingerprint density at radius 3 is 2.18 bits per heavy atom. The lowest BCUT2D eigenvalue weighted by Crippen LogP contribution is -2.29. The quantitative estimate of drug-likeness (QED) is 0.795. The minimum absolute atomic E-state index is 0.168. The summed E-state index contributed by atoms with van der Waals surface area (Å²) < 4.78 is 22.2. The van der Waals surface area contributed by atoms with Crippen molar-refractivity contribution in [2.24, 2.45) is 0 Å². The summed E-state index contributed by atoms with van der Waals surface area (Å²) in [6, 6.07) is 6.82. The van der Waals surface area contributed by atoms with Crippen LogP contribution in [0.2, 0.25) is 0 Å².